The Morgan fingerprint density at radius 3 is 1.81 bits per heavy atom. The molecule has 0 saturated heterocycles. The van der Waals surface area contributed by atoms with Gasteiger partial charge in [0.1, 0.15) is 5.54 Å². The van der Waals surface area contributed by atoms with Crippen molar-refractivity contribution in [1.82, 2.24) is 5.32 Å². The van der Waals surface area contributed by atoms with Crippen molar-refractivity contribution in [2.75, 3.05) is 0 Å². The van der Waals surface area contributed by atoms with Crippen LogP contribution in [0.25, 0.3) is 0 Å². The smallest absolute Gasteiger partial charge is 0.329 e. The molecule has 0 bridgehead atoms. The molecule has 1 saturated carbocycles. The Bertz CT molecular complexity index is 610. The van der Waals surface area contributed by atoms with Crippen molar-refractivity contribution in [3.8, 4) is 0 Å². The molecule has 1 aliphatic rings. The van der Waals surface area contributed by atoms with Gasteiger partial charge in [-0.15, -0.1) is 0 Å². The van der Waals surface area contributed by atoms with Gasteiger partial charge in [-0.25, -0.2) is 4.79 Å². The minimum atomic E-state index is -1.03. The highest BCUT2D eigenvalue weighted by Gasteiger charge is 2.40. The summed E-state index contributed by atoms with van der Waals surface area (Å²) in [4.78, 5) is 23.8. The molecular weight excluding hydrogens is 386 g/mol. The van der Waals surface area contributed by atoms with Crippen LogP contribution in [-0.4, -0.2) is 22.5 Å². The molecule has 0 aromatic carbocycles. The number of aliphatic carboxylic acids is 1. The fourth-order valence-electron chi connectivity index (χ4n) is 3.82. The molecule has 174 valence electrons. The van der Waals surface area contributed by atoms with Gasteiger partial charge in [0.05, 0.1) is 0 Å². The van der Waals surface area contributed by atoms with Crippen molar-refractivity contribution in [2.45, 2.75) is 109 Å². The Kier molecular flexibility index (Phi) is 15.3. The number of carboxylic acids is 1. The molecule has 1 amide bonds. The fourth-order valence-corrected chi connectivity index (χ4v) is 3.82. The average molecular weight is 430 g/mol. The summed E-state index contributed by atoms with van der Waals surface area (Å²) in [5.74, 6) is -1.03. The second kappa shape index (κ2) is 17.6. The second-order valence-corrected chi connectivity index (χ2v) is 8.48. The van der Waals surface area contributed by atoms with Crippen LogP contribution in [0.3, 0.4) is 0 Å². The molecule has 31 heavy (non-hydrogen) atoms. The first-order valence-corrected chi connectivity index (χ1v) is 12.2. The molecule has 4 nitrogen and oxygen atoms in total. The van der Waals surface area contributed by atoms with Crippen molar-refractivity contribution in [1.29, 1.82) is 0 Å². The standard InChI is InChI=1S/C27H43NO3/c1-2-3-4-5-6-7-8-9-10-11-12-13-14-15-16-17-19-22-25(29)28-27(26(30)31)23-20-18-21-24-27/h6-7,9-10,12-13,15-16H,2-5,8,11,14,17-24H2,1H3,(H,28,29)(H,30,31)/b7-6-,10-9-,13-12-,16-15-. The maximum atomic E-state index is 12.2. The van der Waals surface area contributed by atoms with E-state index in [1.807, 2.05) is 0 Å². The van der Waals surface area contributed by atoms with Crippen LogP contribution in [-0.2, 0) is 9.59 Å². The van der Waals surface area contributed by atoms with E-state index >= 15 is 0 Å². The number of unbranched alkanes of at least 4 members (excludes halogenated alkanes) is 4. The van der Waals surface area contributed by atoms with Crippen LogP contribution in [0.1, 0.15) is 103 Å². The van der Waals surface area contributed by atoms with Gasteiger partial charge in [0.2, 0.25) is 5.91 Å². The third-order valence-corrected chi connectivity index (χ3v) is 5.73. The molecule has 0 heterocycles. The summed E-state index contributed by atoms with van der Waals surface area (Å²) in [6.45, 7) is 2.23. The molecule has 1 fully saturated rings. The van der Waals surface area contributed by atoms with Crippen molar-refractivity contribution in [3.63, 3.8) is 0 Å². The van der Waals surface area contributed by atoms with E-state index in [4.69, 9.17) is 0 Å². The minimum absolute atomic E-state index is 0.139. The Balaban J connectivity index is 2.06. The Morgan fingerprint density at radius 1 is 0.774 bits per heavy atom. The predicted molar refractivity (Wildman–Crippen MR) is 130 cm³/mol. The van der Waals surface area contributed by atoms with Crippen LogP contribution in [0.4, 0.5) is 0 Å². The van der Waals surface area contributed by atoms with Crippen molar-refractivity contribution in [2.24, 2.45) is 0 Å². The van der Waals surface area contributed by atoms with E-state index in [0.29, 0.717) is 19.3 Å². The van der Waals surface area contributed by atoms with Gasteiger partial charge >= 0.3 is 5.97 Å². The van der Waals surface area contributed by atoms with Gasteiger partial charge in [-0.3, -0.25) is 4.79 Å². The van der Waals surface area contributed by atoms with Crippen LogP contribution in [0, 0.1) is 0 Å². The lowest BCUT2D eigenvalue weighted by Crippen LogP contribution is -2.55. The number of rotatable bonds is 16. The topological polar surface area (TPSA) is 66.4 Å². The maximum Gasteiger partial charge on any atom is 0.329 e. The molecule has 2 N–H and O–H groups in total. The molecule has 0 atom stereocenters. The molecule has 0 aliphatic heterocycles. The summed E-state index contributed by atoms with van der Waals surface area (Å²) >= 11 is 0. The fraction of sp³-hybridized carbons (Fsp3) is 0.630. The number of amides is 1. The van der Waals surface area contributed by atoms with Crippen LogP contribution in [0.5, 0.6) is 0 Å². The highest BCUT2D eigenvalue weighted by molar-refractivity contribution is 5.87. The quantitative estimate of drug-likeness (QED) is 0.204. The lowest BCUT2D eigenvalue weighted by Gasteiger charge is -2.34. The first-order chi connectivity index (χ1) is 15.1. The van der Waals surface area contributed by atoms with E-state index in [-0.39, 0.29) is 5.91 Å². The summed E-state index contributed by atoms with van der Waals surface area (Å²) in [6, 6.07) is 0. The summed E-state index contributed by atoms with van der Waals surface area (Å²) < 4.78 is 0. The zero-order valence-electron chi connectivity index (χ0n) is 19.5. The maximum absolute atomic E-state index is 12.2. The number of carboxylic acid groups (broad SMARTS) is 1. The van der Waals surface area contributed by atoms with Gasteiger partial charge in [0.15, 0.2) is 0 Å². The van der Waals surface area contributed by atoms with Gasteiger partial charge < -0.3 is 10.4 Å². The van der Waals surface area contributed by atoms with E-state index in [1.165, 1.54) is 25.7 Å². The van der Waals surface area contributed by atoms with Gasteiger partial charge in [0, 0.05) is 6.42 Å². The zero-order chi connectivity index (χ0) is 22.6. The van der Waals surface area contributed by atoms with Crippen LogP contribution in [0.2, 0.25) is 0 Å². The van der Waals surface area contributed by atoms with Crippen molar-refractivity contribution >= 4 is 11.9 Å². The molecule has 0 aromatic heterocycles. The minimum Gasteiger partial charge on any atom is -0.480 e. The van der Waals surface area contributed by atoms with E-state index in [0.717, 1.165) is 51.4 Å². The van der Waals surface area contributed by atoms with Gasteiger partial charge in [-0.1, -0.05) is 87.6 Å². The number of nitrogens with one attached hydrogen (secondary N) is 1. The summed E-state index contributed by atoms with van der Waals surface area (Å²) in [7, 11) is 0. The predicted octanol–water partition coefficient (Wildman–Crippen LogP) is 7.04. The lowest BCUT2D eigenvalue weighted by molar-refractivity contribution is -0.149. The molecule has 0 spiro atoms. The first-order valence-electron chi connectivity index (χ1n) is 12.2. The van der Waals surface area contributed by atoms with Crippen LogP contribution < -0.4 is 5.32 Å². The first kappa shape index (κ1) is 26.9. The normalized spacial score (nSPS) is 16.7. The number of hydrogen-bond donors (Lipinski definition) is 2. The average Bonchev–Trinajstić information content (AvgIpc) is 2.76. The van der Waals surface area contributed by atoms with Gasteiger partial charge in [-0.2, -0.15) is 0 Å². The molecule has 0 aromatic rings. The summed E-state index contributed by atoms with van der Waals surface area (Å²) in [6.07, 6.45) is 31.3. The molecule has 1 rings (SSSR count). The Labute approximate surface area is 189 Å². The van der Waals surface area contributed by atoms with E-state index in [2.05, 4.69) is 60.8 Å². The summed E-state index contributed by atoms with van der Waals surface area (Å²) in [5, 5.41) is 12.3. The molecule has 0 unspecified atom stereocenters. The van der Waals surface area contributed by atoms with Gasteiger partial charge in [-0.05, 0) is 57.8 Å². The Morgan fingerprint density at radius 2 is 1.29 bits per heavy atom. The van der Waals surface area contributed by atoms with E-state index in [9.17, 15) is 14.7 Å². The van der Waals surface area contributed by atoms with Crippen LogP contribution in [0.15, 0.2) is 48.6 Å². The third-order valence-electron chi connectivity index (χ3n) is 5.73. The SMILES string of the molecule is CCCCC/C=C\C/C=C\C/C=C\C/C=C\CCCC(=O)NC1(C(=O)O)CCCCC1. The molecule has 4 heteroatoms. The monoisotopic (exact) mass is 429 g/mol. The number of carbonyl (C=O) groups is 2. The third kappa shape index (κ3) is 13.0. The zero-order valence-corrected chi connectivity index (χ0v) is 19.5. The van der Waals surface area contributed by atoms with E-state index in [1.54, 1.807) is 0 Å². The molecular formula is C27H43NO3. The van der Waals surface area contributed by atoms with Crippen LogP contribution >= 0.6 is 0 Å². The lowest BCUT2D eigenvalue weighted by atomic mass is 9.81. The number of hydrogen-bond acceptors (Lipinski definition) is 2. The van der Waals surface area contributed by atoms with Gasteiger partial charge in [0.25, 0.3) is 0 Å². The highest BCUT2D eigenvalue weighted by Crippen LogP contribution is 2.28. The largest absolute Gasteiger partial charge is 0.480 e. The number of carbonyl (C=O) groups excluding carboxylic acids is 1. The summed E-state index contributed by atoms with van der Waals surface area (Å²) in [5.41, 5.74) is -1.03. The second-order valence-electron chi connectivity index (χ2n) is 8.48. The van der Waals surface area contributed by atoms with Crippen molar-refractivity contribution < 1.29 is 14.7 Å². The highest BCUT2D eigenvalue weighted by atomic mass is 16.4. The molecule has 1 aliphatic carbocycles. The molecule has 0 radical (unpaired) electrons. The van der Waals surface area contributed by atoms with Crippen molar-refractivity contribution in [3.05, 3.63) is 48.6 Å². The number of allylic oxidation sites excluding steroid dienone is 8. The van der Waals surface area contributed by atoms with E-state index < -0.39 is 11.5 Å². The Hall–Kier alpha value is -2.10.